The van der Waals surface area contributed by atoms with E-state index in [9.17, 15) is 8.42 Å². The van der Waals surface area contributed by atoms with Gasteiger partial charge in [0.15, 0.2) is 5.69 Å². The summed E-state index contributed by atoms with van der Waals surface area (Å²) in [5.41, 5.74) is 1.80. The van der Waals surface area contributed by atoms with Crippen molar-refractivity contribution in [2.75, 3.05) is 18.6 Å². The van der Waals surface area contributed by atoms with Crippen LogP contribution in [0.4, 0.5) is 5.69 Å². The number of benzene rings is 2. The lowest BCUT2D eigenvalue weighted by Gasteiger charge is -2.21. The first-order chi connectivity index (χ1) is 12.0. The summed E-state index contributed by atoms with van der Waals surface area (Å²) in [4.78, 5) is 4.45. The van der Waals surface area contributed by atoms with Crippen LogP contribution < -0.4 is 0 Å². The SMILES string of the molecule is [C-]#[N+]c1cccc(SCC2CC(c3ccccc3)CN2S(C)(=O)=O)c1. The first kappa shape index (κ1) is 18.0. The van der Waals surface area contributed by atoms with Crippen LogP contribution in [-0.2, 0) is 10.0 Å². The lowest BCUT2D eigenvalue weighted by Crippen LogP contribution is -2.36. The second-order valence-electron chi connectivity index (χ2n) is 6.25. The maximum absolute atomic E-state index is 12.2. The van der Waals surface area contributed by atoms with Crippen molar-refractivity contribution in [1.29, 1.82) is 0 Å². The molecule has 25 heavy (non-hydrogen) atoms. The van der Waals surface area contributed by atoms with Gasteiger partial charge in [0.1, 0.15) is 0 Å². The Bertz CT molecular complexity index is 876. The molecule has 2 unspecified atom stereocenters. The summed E-state index contributed by atoms with van der Waals surface area (Å²) in [5.74, 6) is 0.925. The molecule has 4 nitrogen and oxygen atoms in total. The van der Waals surface area contributed by atoms with E-state index in [1.165, 1.54) is 11.8 Å². The van der Waals surface area contributed by atoms with Gasteiger partial charge in [-0.05, 0) is 28.9 Å². The number of nitrogens with zero attached hydrogens (tertiary/aromatic N) is 2. The minimum Gasteiger partial charge on any atom is -0.238 e. The standard InChI is InChI=1S/C19H20N2O2S2/c1-20-17-9-6-10-19(12-17)24-14-18-11-16(13-21(18)25(2,22)23)15-7-4-3-5-8-15/h3-10,12,16,18H,11,13-14H2,2H3. The van der Waals surface area contributed by atoms with Crippen LogP contribution >= 0.6 is 11.8 Å². The lowest BCUT2D eigenvalue weighted by molar-refractivity contribution is 0.415. The van der Waals surface area contributed by atoms with Crippen molar-refractivity contribution < 1.29 is 8.42 Å². The molecule has 2 aromatic rings. The molecule has 0 N–H and O–H groups in total. The second-order valence-corrected chi connectivity index (χ2v) is 9.28. The third-order valence-electron chi connectivity index (χ3n) is 4.45. The number of hydrogen-bond acceptors (Lipinski definition) is 3. The van der Waals surface area contributed by atoms with Gasteiger partial charge in [-0.3, -0.25) is 0 Å². The summed E-state index contributed by atoms with van der Waals surface area (Å²) in [6, 6.07) is 17.5. The van der Waals surface area contributed by atoms with E-state index in [2.05, 4.69) is 17.0 Å². The maximum Gasteiger partial charge on any atom is 0.211 e. The molecule has 0 saturated carbocycles. The molecule has 1 aliphatic heterocycles. The average molecular weight is 373 g/mol. The van der Waals surface area contributed by atoms with Crippen molar-refractivity contribution in [3.63, 3.8) is 0 Å². The van der Waals surface area contributed by atoms with Gasteiger partial charge in [0.2, 0.25) is 10.0 Å². The van der Waals surface area contributed by atoms with Crippen LogP contribution in [0, 0.1) is 6.57 Å². The smallest absolute Gasteiger partial charge is 0.211 e. The average Bonchev–Trinajstić information content (AvgIpc) is 3.06. The molecule has 0 bridgehead atoms. The van der Waals surface area contributed by atoms with Crippen molar-refractivity contribution in [2.24, 2.45) is 0 Å². The van der Waals surface area contributed by atoms with Gasteiger partial charge in [0.25, 0.3) is 0 Å². The molecular formula is C19H20N2O2S2. The van der Waals surface area contributed by atoms with Gasteiger partial charge in [-0.25, -0.2) is 13.3 Å². The third-order valence-corrected chi connectivity index (χ3v) is 6.89. The van der Waals surface area contributed by atoms with E-state index in [1.54, 1.807) is 22.1 Å². The summed E-state index contributed by atoms with van der Waals surface area (Å²) in [6.07, 6.45) is 2.12. The summed E-state index contributed by atoms with van der Waals surface area (Å²) in [6.45, 7) is 7.64. The topological polar surface area (TPSA) is 41.7 Å². The number of rotatable bonds is 5. The van der Waals surface area contributed by atoms with E-state index in [1.807, 2.05) is 36.4 Å². The Labute approximate surface area is 153 Å². The summed E-state index contributed by atoms with van der Waals surface area (Å²) >= 11 is 1.61. The van der Waals surface area contributed by atoms with Crippen LogP contribution in [0.25, 0.3) is 4.85 Å². The number of thioether (sulfide) groups is 1. The predicted molar refractivity (Wildman–Crippen MR) is 103 cm³/mol. The highest BCUT2D eigenvalue weighted by Gasteiger charge is 2.37. The molecular weight excluding hydrogens is 352 g/mol. The van der Waals surface area contributed by atoms with Gasteiger partial charge < -0.3 is 0 Å². The van der Waals surface area contributed by atoms with Gasteiger partial charge in [0.05, 0.1) is 12.8 Å². The lowest BCUT2D eigenvalue weighted by atomic mass is 9.97. The Kier molecular flexibility index (Phi) is 5.48. The highest BCUT2D eigenvalue weighted by Crippen LogP contribution is 2.36. The zero-order chi connectivity index (χ0) is 17.9. The van der Waals surface area contributed by atoms with Crippen LogP contribution in [0.3, 0.4) is 0 Å². The predicted octanol–water partition coefficient (Wildman–Crippen LogP) is 4.15. The molecule has 1 aliphatic rings. The fourth-order valence-corrected chi connectivity index (χ4v) is 5.57. The van der Waals surface area contributed by atoms with Gasteiger partial charge in [0, 0.05) is 18.3 Å². The van der Waals surface area contributed by atoms with Gasteiger partial charge in [-0.2, -0.15) is 4.31 Å². The summed E-state index contributed by atoms with van der Waals surface area (Å²) in [7, 11) is -3.24. The molecule has 6 heteroatoms. The molecule has 2 aromatic carbocycles. The number of sulfonamides is 1. The van der Waals surface area contributed by atoms with E-state index < -0.39 is 10.0 Å². The van der Waals surface area contributed by atoms with E-state index >= 15 is 0 Å². The molecule has 0 amide bonds. The van der Waals surface area contributed by atoms with Crippen LogP contribution in [0.5, 0.6) is 0 Å². The Morgan fingerprint density at radius 3 is 2.64 bits per heavy atom. The molecule has 0 spiro atoms. The molecule has 1 heterocycles. The largest absolute Gasteiger partial charge is 0.238 e. The van der Waals surface area contributed by atoms with Crippen molar-refractivity contribution >= 4 is 27.5 Å². The van der Waals surface area contributed by atoms with Crippen molar-refractivity contribution in [3.05, 3.63) is 71.6 Å². The molecule has 130 valence electrons. The maximum atomic E-state index is 12.2. The second kappa shape index (κ2) is 7.61. The Hall–Kier alpha value is -1.81. The molecule has 0 aliphatic carbocycles. The molecule has 3 rings (SSSR count). The van der Waals surface area contributed by atoms with Crippen LogP contribution in [0.1, 0.15) is 17.9 Å². The van der Waals surface area contributed by atoms with Gasteiger partial charge in [-0.15, -0.1) is 11.8 Å². The van der Waals surface area contributed by atoms with Crippen LogP contribution in [0.15, 0.2) is 59.5 Å². The molecule has 1 saturated heterocycles. The zero-order valence-electron chi connectivity index (χ0n) is 14.0. The van der Waals surface area contributed by atoms with E-state index in [0.29, 0.717) is 18.0 Å². The molecule has 1 fully saturated rings. The van der Waals surface area contributed by atoms with Crippen LogP contribution in [0.2, 0.25) is 0 Å². The number of hydrogen-bond donors (Lipinski definition) is 0. The first-order valence-electron chi connectivity index (χ1n) is 8.09. The minimum atomic E-state index is -3.24. The van der Waals surface area contributed by atoms with E-state index in [4.69, 9.17) is 6.57 Å². The molecule has 0 aromatic heterocycles. The third kappa shape index (κ3) is 4.43. The van der Waals surface area contributed by atoms with Crippen LogP contribution in [-0.4, -0.2) is 37.3 Å². The summed E-state index contributed by atoms with van der Waals surface area (Å²) < 4.78 is 26.1. The molecule has 0 radical (unpaired) electrons. The quantitative estimate of drug-likeness (QED) is 0.585. The monoisotopic (exact) mass is 372 g/mol. The van der Waals surface area contributed by atoms with Crippen molar-refractivity contribution in [3.8, 4) is 0 Å². The molecule has 2 atom stereocenters. The minimum absolute atomic E-state index is 0.0261. The van der Waals surface area contributed by atoms with Gasteiger partial charge >= 0.3 is 0 Å². The van der Waals surface area contributed by atoms with E-state index in [-0.39, 0.29) is 12.0 Å². The van der Waals surface area contributed by atoms with Gasteiger partial charge in [-0.1, -0.05) is 48.5 Å². The van der Waals surface area contributed by atoms with Crippen molar-refractivity contribution in [1.82, 2.24) is 4.31 Å². The Morgan fingerprint density at radius 2 is 1.96 bits per heavy atom. The van der Waals surface area contributed by atoms with E-state index in [0.717, 1.165) is 11.3 Å². The highest BCUT2D eigenvalue weighted by molar-refractivity contribution is 7.99. The summed E-state index contributed by atoms with van der Waals surface area (Å²) in [5, 5.41) is 0. The zero-order valence-corrected chi connectivity index (χ0v) is 15.6. The Balaban J connectivity index is 1.75. The highest BCUT2D eigenvalue weighted by atomic mass is 32.2. The fraction of sp³-hybridized carbons (Fsp3) is 0.316. The normalized spacial score (nSPS) is 21.1. The fourth-order valence-electron chi connectivity index (χ4n) is 3.25. The first-order valence-corrected chi connectivity index (χ1v) is 10.9. The Morgan fingerprint density at radius 1 is 1.20 bits per heavy atom. The van der Waals surface area contributed by atoms with Crippen molar-refractivity contribution in [2.45, 2.75) is 23.3 Å².